The Morgan fingerprint density at radius 2 is 1.52 bits per heavy atom. The van der Waals surface area contributed by atoms with Crippen molar-refractivity contribution in [3.63, 3.8) is 0 Å². The second-order valence-electron chi connectivity index (χ2n) is 5.97. The van der Waals surface area contributed by atoms with E-state index in [9.17, 15) is 4.79 Å². The molecule has 5 heteroatoms. The van der Waals surface area contributed by atoms with Gasteiger partial charge in [0, 0.05) is 23.6 Å². The molecule has 0 aliphatic carbocycles. The van der Waals surface area contributed by atoms with Gasteiger partial charge in [0.25, 0.3) is 5.91 Å². The number of amides is 1. The summed E-state index contributed by atoms with van der Waals surface area (Å²) in [7, 11) is 0. The summed E-state index contributed by atoms with van der Waals surface area (Å²) in [6, 6.07) is 22.8. The first-order chi connectivity index (χ1) is 13.3. The molecule has 5 nitrogen and oxygen atoms in total. The number of furan rings is 1. The Balaban J connectivity index is 1.63. The third kappa shape index (κ3) is 3.77. The highest BCUT2D eigenvalue weighted by molar-refractivity contribution is 6.05. The van der Waals surface area contributed by atoms with Crippen molar-refractivity contribution in [2.24, 2.45) is 0 Å². The van der Waals surface area contributed by atoms with Gasteiger partial charge in [0.1, 0.15) is 5.76 Å². The van der Waals surface area contributed by atoms with E-state index in [1.165, 1.54) is 0 Å². The summed E-state index contributed by atoms with van der Waals surface area (Å²) < 4.78 is 5.42. The van der Waals surface area contributed by atoms with Crippen molar-refractivity contribution >= 4 is 11.6 Å². The summed E-state index contributed by atoms with van der Waals surface area (Å²) in [5, 5.41) is 0. The molecule has 27 heavy (non-hydrogen) atoms. The van der Waals surface area contributed by atoms with E-state index < -0.39 is 0 Å². The minimum atomic E-state index is -0.183. The number of anilines is 1. The van der Waals surface area contributed by atoms with Crippen LogP contribution >= 0.6 is 0 Å². The van der Waals surface area contributed by atoms with E-state index in [1.54, 1.807) is 29.6 Å². The molecule has 0 unspecified atom stereocenters. The largest absolute Gasteiger partial charge is 0.467 e. The van der Waals surface area contributed by atoms with Crippen LogP contribution in [0.3, 0.4) is 0 Å². The highest BCUT2D eigenvalue weighted by atomic mass is 16.3. The van der Waals surface area contributed by atoms with Crippen molar-refractivity contribution in [3.05, 3.63) is 103 Å². The van der Waals surface area contributed by atoms with Gasteiger partial charge in [0.05, 0.1) is 18.4 Å². The van der Waals surface area contributed by atoms with Gasteiger partial charge >= 0.3 is 0 Å². The fourth-order valence-electron chi connectivity index (χ4n) is 2.78. The molecule has 1 amide bonds. The van der Waals surface area contributed by atoms with E-state index in [2.05, 4.69) is 9.97 Å². The Kier molecular flexibility index (Phi) is 4.74. The SMILES string of the molecule is O=C(c1cnc(-c2ccccc2)nc1)N(Cc1ccco1)c1ccccc1. The van der Waals surface area contributed by atoms with Gasteiger partial charge in [-0.25, -0.2) is 9.97 Å². The normalized spacial score (nSPS) is 10.5. The number of nitrogens with zero attached hydrogens (tertiary/aromatic N) is 3. The molecule has 0 N–H and O–H groups in total. The van der Waals surface area contributed by atoms with Gasteiger partial charge in [0.15, 0.2) is 5.82 Å². The average Bonchev–Trinajstić information content (AvgIpc) is 3.26. The predicted octanol–water partition coefficient (Wildman–Crippen LogP) is 4.58. The van der Waals surface area contributed by atoms with Gasteiger partial charge in [-0.15, -0.1) is 0 Å². The fourth-order valence-corrected chi connectivity index (χ4v) is 2.78. The van der Waals surface area contributed by atoms with E-state index in [4.69, 9.17) is 4.42 Å². The van der Waals surface area contributed by atoms with Crippen LogP contribution in [0.1, 0.15) is 16.1 Å². The Morgan fingerprint density at radius 3 is 2.15 bits per heavy atom. The predicted molar refractivity (Wildman–Crippen MR) is 103 cm³/mol. The Labute approximate surface area is 156 Å². The van der Waals surface area contributed by atoms with Crippen molar-refractivity contribution < 1.29 is 9.21 Å². The molecule has 2 aromatic carbocycles. The van der Waals surface area contributed by atoms with Gasteiger partial charge in [-0.05, 0) is 24.3 Å². The van der Waals surface area contributed by atoms with Crippen LogP contribution in [0.5, 0.6) is 0 Å². The Hall–Kier alpha value is -3.73. The van der Waals surface area contributed by atoms with Gasteiger partial charge in [0.2, 0.25) is 0 Å². The Bertz CT molecular complexity index is 999. The third-order valence-corrected chi connectivity index (χ3v) is 4.14. The zero-order chi connectivity index (χ0) is 18.5. The van der Waals surface area contributed by atoms with Crippen LogP contribution in [0.2, 0.25) is 0 Å². The zero-order valence-electron chi connectivity index (χ0n) is 14.5. The zero-order valence-corrected chi connectivity index (χ0v) is 14.5. The lowest BCUT2D eigenvalue weighted by atomic mass is 10.2. The maximum Gasteiger partial charge on any atom is 0.261 e. The third-order valence-electron chi connectivity index (χ3n) is 4.14. The lowest BCUT2D eigenvalue weighted by molar-refractivity contribution is 0.0982. The highest BCUT2D eigenvalue weighted by Crippen LogP contribution is 2.21. The summed E-state index contributed by atoms with van der Waals surface area (Å²) in [5.74, 6) is 1.11. The highest BCUT2D eigenvalue weighted by Gasteiger charge is 2.20. The van der Waals surface area contributed by atoms with Crippen molar-refractivity contribution in [1.29, 1.82) is 0 Å². The van der Waals surface area contributed by atoms with Crippen LogP contribution < -0.4 is 4.90 Å². The van der Waals surface area contributed by atoms with E-state index in [0.29, 0.717) is 23.7 Å². The molecular formula is C22H17N3O2. The monoisotopic (exact) mass is 355 g/mol. The molecule has 0 saturated carbocycles. The standard InChI is InChI=1S/C22H17N3O2/c26-22(18-14-23-21(24-15-18)17-8-3-1-4-9-17)25(16-20-12-7-13-27-20)19-10-5-2-6-11-19/h1-15H,16H2. The number of para-hydroxylation sites is 1. The number of rotatable bonds is 5. The second kappa shape index (κ2) is 7.66. The molecule has 0 radical (unpaired) electrons. The average molecular weight is 355 g/mol. The molecule has 132 valence electrons. The molecule has 0 atom stereocenters. The van der Waals surface area contributed by atoms with Crippen LogP contribution in [-0.4, -0.2) is 15.9 Å². The van der Waals surface area contributed by atoms with Crippen molar-refractivity contribution in [2.75, 3.05) is 4.90 Å². The minimum absolute atomic E-state index is 0.183. The molecule has 2 heterocycles. The number of carbonyl (C=O) groups is 1. The maximum absolute atomic E-state index is 13.1. The summed E-state index contributed by atoms with van der Waals surface area (Å²) in [5.41, 5.74) is 2.11. The molecule has 4 aromatic rings. The number of aromatic nitrogens is 2. The quantitative estimate of drug-likeness (QED) is 0.526. The summed E-state index contributed by atoms with van der Waals surface area (Å²) in [6.45, 7) is 0.330. The van der Waals surface area contributed by atoms with Crippen LogP contribution in [0.25, 0.3) is 11.4 Å². The van der Waals surface area contributed by atoms with Crippen LogP contribution in [0.15, 0.2) is 95.9 Å². The fraction of sp³-hybridized carbons (Fsp3) is 0.0455. The number of benzene rings is 2. The van der Waals surface area contributed by atoms with Gasteiger partial charge < -0.3 is 9.32 Å². The lowest BCUT2D eigenvalue weighted by Gasteiger charge is -2.21. The second-order valence-corrected chi connectivity index (χ2v) is 5.97. The van der Waals surface area contributed by atoms with Crippen molar-refractivity contribution in [1.82, 2.24) is 9.97 Å². The molecular weight excluding hydrogens is 338 g/mol. The van der Waals surface area contributed by atoms with Crippen LogP contribution in [-0.2, 0) is 6.54 Å². The van der Waals surface area contributed by atoms with Gasteiger partial charge in [-0.1, -0.05) is 48.5 Å². The summed E-state index contributed by atoms with van der Waals surface area (Å²) in [6.07, 6.45) is 4.73. The smallest absolute Gasteiger partial charge is 0.261 e. The van der Waals surface area contributed by atoms with Crippen molar-refractivity contribution in [3.8, 4) is 11.4 Å². The topological polar surface area (TPSA) is 59.2 Å². The molecule has 0 bridgehead atoms. The maximum atomic E-state index is 13.1. The van der Waals surface area contributed by atoms with E-state index in [1.807, 2.05) is 66.7 Å². The molecule has 0 spiro atoms. The summed E-state index contributed by atoms with van der Waals surface area (Å²) >= 11 is 0. The molecule has 0 aliphatic rings. The van der Waals surface area contributed by atoms with E-state index in [-0.39, 0.29) is 5.91 Å². The van der Waals surface area contributed by atoms with Crippen molar-refractivity contribution in [2.45, 2.75) is 6.54 Å². The number of hydrogen-bond donors (Lipinski definition) is 0. The first kappa shape index (κ1) is 16.7. The number of carbonyl (C=O) groups excluding carboxylic acids is 1. The van der Waals surface area contributed by atoms with E-state index in [0.717, 1.165) is 11.3 Å². The van der Waals surface area contributed by atoms with Gasteiger partial charge in [-0.3, -0.25) is 4.79 Å². The first-order valence-corrected chi connectivity index (χ1v) is 8.58. The molecule has 0 aliphatic heterocycles. The number of hydrogen-bond acceptors (Lipinski definition) is 4. The van der Waals surface area contributed by atoms with Gasteiger partial charge in [-0.2, -0.15) is 0 Å². The summed E-state index contributed by atoms with van der Waals surface area (Å²) in [4.78, 5) is 23.5. The molecule has 4 rings (SSSR count). The molecule has 2 aromatic heterocycles. The molecule has 0 fully saturated rings. The van der Waals surface area contributed by atoms with Crippen LogP contribution in [0.4, 0.5) is 5.69 Å². The molecule has 0 saturated heterocycles. The van der Waals surface area contributed by atoms with E-state index >= 15 is 0 Å². The first-order valence-electron chi connectivity index (χ1n) is 8.58. The minimum Gasteiger partial charge on any atom is -0.467 e. The van der Waals surface area contributed by atoms with Crippen LogP contribution in [0, 0.1) is 0 Å². The Morgan fingerprint density at radius 1 is 0.852 bits per heavy atom. The lowest BCUT2D eigenvalue weighted by Crippen LogP contribution is -2.30.